The Balaban J connectivity index is 1.78. The molecule has 0 radical (unpaired) electrons. The first-order valence-electron chi connectivity index (χ1n) is 9.36. The molecule has 2 aliphatic rings. The van der Waals surface area contributed by atoms with E-state index in [9.17, 15) is 4.79 Å². The van der Waals surface area contributed by atoms with Crippen molar-refractivity contribution in [1.29, 1.82) is 0 Å². The third kappa shape index (κ3) is 2.03. The standard InChI is InChI=1S/C23H26O/c1-3-17-15-22(17,19-11-7-5-8-12-19)21(24)23(16-18(23)4-2)20-13-9-6-10-14-20/h5-14,17-18H,3-4,15-16H2,1-2H3. The minimum Gasteiger partial charge on any atom is -0.298 e. The van der Waals surface area contributed by atoms with Crippen LogP contribution >= 0.6 is 0 Å². The molecule has 2 aliphatic carbocycles. The molecule has 0 aliphatic heterocycles. The first kappa shape index (κ1) is 15.6. The second-order valence-corrected chi connectivity index (χ2v) is 7.62. The van der Waals surface area contributed by atoms with Gasteiger partial charge in [0.15, 0.2) is 5.78 Å². The van der Waals surface area contributed by atoms with E-state index >= 15 is 0 Å². The van der Waals surface area contributed by atoms with Crippen molar-refractivity contribution in [2.24, 2.45) is 11.8 Å². The Morgan fingerprint density at radius 1 is 0.792 bits per heavy atom. The fraction of sp³-hybridized carbons (Fsp3) is 0.435. The maximum absolute atomic E-state index is 14.0. The number of carbonyl (C=O) groups excluding carboxylic acids is 1. The quantitative estimate of drug-likeness (QED) is 0.707. The number of carbonyl (C=O) groups is 1. The minimum atomic E-state index is -0.240. The van der Waals surface area contributed by atoms with E-state index in [1.807, 2.05) is 12.1 Å². The van der Waals surface area contributed by atoms with Crippen LogP contribution in [0.5, 0.6) is 0 Å². The highest BCUT2D eigenvalue weighted by atomic mass is 16.1. The molecule has 24 heavy (non-hydrogen) atoms. The van der Waals surface area contributed by atoms with Gasteiger partial charge in [-0.1, -0.05) is 87.4 Å². The molecule has 4 rings (SSSR count). The van der Waals surface area contributed by atoms with E-state index in [2.05, 4.69) is 62.4 Å². The number of hydrogen-bond acceptors (Lipinski definition) is 1. The van der Waals surface area contributed by atoms with Crippen LogP contribution in [0, 0.1) is 11.8 Å². The normalized spacial score (nSPS) is 33.9. The molecular formula is C23H26O. The zero-order chi connectivity index (χ0) is 16.8. The van der Waals surface area contributed by atoms with Crippen molar-refractivity contribution >= 4 is 5.78 Å². The summed E-state index contributed by atoms with van der Waals surface area (Å²) in [5.41, 5.74) is 1.99. The lowest BCUT2D eigenvalue weighted by Gasteiger charge is -2.25. The predicted molar refractivity (Wildman–Crippen MR) is 98.0 cm³/mol. The van der Waals surface area contributed by atoms with Gasteiger partial charge in [0.1, 0.15) is 0 Å². The van der Waals surface area contributed by atoms with Crippen LogP contribution in [-0.2, 0) is 15.6 Å². The summed E-state index contributed by atoms with van der Waals surface area (Å²) in [7, 11) is 0. The molecule has 2 saturated carbocycles. The highest BCUT2D eigenvalue weighted by Gasteiger charge is 2.70. The van der Waals surface area contributed by atoms with Gasteiger partial charge in [-0.25, -0.2) is 0 Å². The fourth-order valence-corrected chi connectivity index (χ4v) is 5.04. The van der Waals surface area contributed by atoms with Gasteiger partial charge in [-0.2, -0.15) is 0 Å². The van der Waals surface area contributed by atoms with Crippen LogP contribution in [0.15, 0.2) is 60.7 Å². The van der Waals surface area contributed by atoms with Gasteiger partial charge in [-0.15, -0.1) is 0 Å². The van der Waals surface area contributed by atoms with Crippen molar-refractivity contribution in [3.63, 3.8) is 0 Å². The highest BCUT2D eigenvalue weighted by Crippen LogP contribution is 2.66. The lowest BCUT2D eigenvalue weighted by atomic mass is 9.76. The second kappa shape index (κ2) is 5.58. The van der Waals surface area contributed by atoms with E-state index in [-0.39, 0.29) is 10.8 Å². The Labute approximate surface area is 145 Å². The summed E-state index contributed by atoms with van der Waals surface area (Å²) in [5, 5.41) is 0. The Kier molecular flexibility index (Phi) is 3.63. The molecule has 2 aromatic rings. The largest absolute Gasteiger partial charge is 0.298 e. The topological polar surface area (TPSA) is 17.1 Å². The number of benzene rings is 2. The molecule has 124 valence electrons. The van der Waals surface area contributed by atoms with E-state index in [0.717, 1.165) is 25.7 Å². The molecule has 0 amide bonds. The van der Waals surface area contributed by atoms with Crippen molar-refractivity contribution in [3.8, 4) is 0 Å². The Bertz CT molecular complexity index is 672. The summed E-state index contributed by atoms with van der Waals surface area (Å²) in [6.45, 7) is 4.45. The number of hydrogen-bond donors (Lipinski definition) is 0. The van der Waals surface area contributed by atoms with E-state index < -0.39 is 0 Å². The number of rotatable bonds is 6. The Morgan fingerprint density at radius 2 is 1.17 bits per heavy atom. The molecule has 0 bridgehead atoms. The third-order valence-electron chi connectivity index (χ3n) is 6.58. The molecule has 4 atom stereocenters. The smallest absolute Gasteiger partial charge is 0.154 e. The van der Waals surface area contributed by atoms with E-state index in [1.54, 1.807) is 0 Å². The van der Waals surface area contributed by atoms with Crippen molar-refractivity contribution in [2.75, 3.05) is 0 Å². The molecule has 2 aromatic carbocycles. The van der Waals surface area contributed by atoms with Gasteiger partial charge in [-0.05, 0) is 35.8 Å². The SMILES string of the molecule is CCC1CC1(C(=O)C1(c2ccccc2)CC1CC)c1ccccc1. The van der Waals surface area contributed by atoms with Gasteiger partial charge in [-0.3, -0.25) is 4.79 Å². The minimum absolute atomic E-state index is 0.240. The molecule has 0 aromatic heterocycles. The summed E-state index contributed by atoms with van der Waals surface area (Å²) >= 11 is 0. The van der Waals surface area contributed by atoms with Gasteiger partial charge >= 0.3 is 0 Å². The van der Waals surface area contributed by atoms with Gasteiger partial charge in [0.05, 0.1) is 10.8 Å². The van der Waals surface area contributed by atoms with Crippen molar-refractivity contribution in [2.45, 2.75) is 50.4 Å². The second-order valence-electron chi connectivity index (χ2n) is 7.62. The lowest BCUT2D eigenvalue weighted by Crippen LogP contribution is -2.35. The van der Waals surface area contributed by atoms with Crippen molar-refractivity contribution < 1.29 is 4.79 Å². The van der Waals surface area contributed by atoms with Crippen LogP contribution in [0.25, 0.3) is 0 Å². The molecule has 0 spiro atoms. The van der Waals surface area contributed by atoms with Crippen LogP contribution in [0.4, 0.5) is 0 Å². The fourth-order valence-electron chi connectivity index (χ4n) is 5.04. The lowest BCUT2D eigenvalue weighted by molar-refractivity contribution is -0.124. The van der Waals surface area contributed by atoms with Crippen LogP contribution in [0.2, 0.25) is 0 Å². The Hall–Kier alpha value is -1.89. The molecule has 2 fully saturated rings. The van der Waals surface area contributed by atoms with Crippen molar-refractivity contribution in [1.82, 2.24) is 0 Å². The number of ketones is 1. The maximum Gasteiger partial charge on any atom is 0.154 e. The zero-order valence-corrected chi connectivity index (χ0v) is 14.7. The average Bonchev–Trinajstić information content (AvgIpc) is 3.55. The zero-order valence-electron chi connectivity index (χ0n) is 14.7. The molecule has 0 saturated heterocycles. The summed E-state index contributed by atoms with van der Waals surface area (Å²) in [6, 6.07) is 21.1. The predicted octanol–water partition coefficient (Wildman–Crippen LogP) is 5.29. The van der Waals surface area contributed by atoms with Crippen molar-refractivity contribution in [3.05, 3.63) is 71.8 Å². The van der Waals surface area contributed by atoms with Gasteiger partial charge < -0.3 is 0 Å². The average molecular weight is 318 g/mol. The van der Waals surface area contributed by atoms with E-state index in [0.29, 0.717) is 17.6 Å². The van der Waals surface area contributed by atoms with Crippen LogP contribution in [0.1, 0.15) is 50.7 Å². The molecule has 1 nitrogen and oxygen atoms in total. The molecule has 4 unspecified atom stereocenters. The molecule has 0 N–H and O–H groups in total. The molecule has 1 heteroatoms. The van der Waals surface area contributed by atoms with Gasteiger partial charge in [0.25, 0.3) is 0 Å². The summed E-state index contributed by atoms with van der Waals surface area (Å²) in [4.78, 5) is 14.0. The van der Waals surface area contributed by atoms with E-state index in [4.69, 9.17) is 0 Å². The van der Waals surface area contributed by atoms with Crippen LogP contribution in [-0.4, -0.2) is 5.78 Å². The first-order chi connectivity index (χ1) is 11.7. The monoisotopic (exact) mass is 318 g/mol. The van der Waals surface area contributed by atoms with Crippen LogP contribution in [0.3, 0.4) is 0 Å². The van der Waals surface area contributed by atoms with Gasteiger partial charge in [0, 0.05) is 0 Å². The van der Waals surface area contributed by atoms with Crippen LogP contribution < -0.4 is 0 Å². The maximum atomic E-state index is 14.0. The summed E-state index contributed by atoms with van der Waals surface area (Å²) in [6.07, 6.45) is 4.22. The first-order valence-corrected chi connectivity index (χ1v) is 9.36. The third-order valence-corrected chi connectivity index (χ3v) is 6.58. The molecule has 0 heterocycles. The van der Waals surface area contributed by atoms with E-state index in [1.165, 1.54) is 11.1 Å². The summed E-state index contributed by atoms with van der Waals surface area (Å²) in [5.74, 6) is 1.50. The summed E-state index contributed by atoms with van der Waals surface area (Å²) < 4.78 is 0. The number of Topliss-reactive ketones (excluding diaryl/α,β-unsaturated/α-hetero) is 1. The van der Waals surface area contributed by atoms with Gasteiger partial charge in [0.2, 0.25) is 0 Å². The Morgan fingerprint density at radius 3 is 1.46 bits per heavy atom. The molecular weight excluding hydrogens is 292 g/mol. The highest BCUT2D eigenvalue weighted by molar-refractivity contribution is 6.04.